The van der Waals surface area contributed by atoms with E-state index in [4.69, 9.17) is 5.11 Å². The Morgan fingerprint density at radius 2 is 2.00 bits per heavy atom. The van der Waals surface area contributed by atoms with Crippen LogP contribution in [0.3, 0.4) is 0 Å². The fourth-order valence-corrected chi connectivity index (χ4v) is 4.13. The van der Waals surface area contributed by atoms with Crippen molar-refractivity contribution in [1.82, 2.24) is 4.68 Å². The fourth-order valence-electron chi connectivity index (χ4n) is 1.49. The molecule has 0 aromatic carbocycles. The van der Waals surface area contributed by atoms with Crippen molar-refractivity contribution in [3.63, 3.8) is 0 Å². The first-order valence-electron chi connectivity index (χ1n) is 4.89. The lowest BCUT2D eigenvalue weighted by Crippen LogP contribution is -2.23. The minimum absolute atomic E-state index is 0.186. The van der Waals surface area contributed by atoms with E-state index >= 15 is 0 Å². The van der Waals surface area contributed by atoms with Gasteiger partial charge in [-0.2, -0.15) is 8.42 Å². The van der Waals surface area contributed by atoms with Crippen molar-refractivity contribution in [2.45, 2.75) is 11.8 Å². The first-order valence-corrected chi connectivity index (χ1v) is 7.25. The number of thiophene rings is 1. The zero-order valence-corrected chi connectivity index (χ0v) is 11.0. The van der Waals surface area contributed by atoms with Crippen LogP contribution in [0.25, 0.3) is 0 Å². The summed E-state index contributed by atoms with van der Waals surface area (Å²) in [5.41, 5.74) is 0.414. The summed E-state index contributed by atoms with van der Waals surface area (Å²) < 4.78 is 25.5. The largest absolute Gasteiger partial charge is 0.477 e. The predicted octanol–water partition coefficient (Wildman–Crippen LogP) is 1.49. The summed E-state index contributed by atoms with van der Waals surface area (Å²) in [6, 6.07) is 3.31. The van der Waals surface area contributed by atoms with Crippen LogP contribution in [0.15, 0.2) is 34.8 Å². The van der Waals surface area contributed by atoms with Crippen molar-refractivity contribution in [3.8, 4) is 0 Å². The minimum Gasteiger partial charge on any atom is -0.477 e. The summed E-state index contributed by atoms with van der Waals surface area (Å²) >= 11 is 0.896. The molecule has 0 radical (unpaired) electrons. The molecular formula is C10H10N2O4S2. The van der Waals surface area contributed by atoms with E-state index < -0.39 is 16.0 Å². The van der Waals surface area contributed by atoms with Crippen molar-refractivity contribution in [1.29, 1.82) is 0 Å². The van der Waals surface area contributed by atoms with E-state index in [-0.39, 0.29) is 9.77 Å². The normalized spacial score (nSPS) is 11.4. The van der Waals surface area contributed by atoms with Gasteiger partial charge in [0, 0.05) is 12.4 Å². The molecule has 6 nitrogen and oxygen atoms in total. The summed E-state index contributed by atoms with van der Waals surface area (Å²) in [4.78, 5) is 12.9. The SMILES string of the molecule is Cc1csc(C(=O)O)c1S(=O)(=O)Nn1cccc1. The summed E-state index contributed by atoms with van der Waals surface area (Å²) in [5.74, 6) is -1.25. The average Bonchev–Trinajstić information content (AvgIpc) is 2.86. The quantitative estimate of drug-likeness (QED) is 0.891. The number of carboxylic acid groups (broad SMARTS) is 1. The highest BCUT2D eigenvalue weighted by atomic mass is 32.2. The number of hydrogen-bond acceptors (Lipinski definition) is 4. The molecule has 2 aromatic heterocycles. The molecule has 0 spiro atoms. The monoisotopic (exact) mass is 286 g/mol. The number of nitrogens with zero attached hydrogens (tertiary/aromatic N) is 1. The molecular weight excluding hydrogens is 276 g/mol. The van der Waals surface area contributed by atoms with E-state index in [1.807, 2.05) is 0 Å². The second-order valence-corrected chi connectivity index (χ2v) is 6.04. The summed E-state index contributed by atoms with van der Waals surface area (Å²) in [6.45, 7) is 1.56. The van der Waals surface area contributed by atoms with Gasteiger partial charge in [0.1, 0.15) is 9.77 Å². The van der Waals surface area contributed by atoms with E-state index in [2.05, 4.69) is 4.83 Å². The van der Waals surface area contributed by atoms with Gasteiger partial charge in [-0.1, -0.05) is 0 Å². The lowest BCUT2D eigenvalue weighted by molar-refractivity contribution is 0.0698. The van der Waals surface area contributed by atoms with Gasteiger partial charge >= 0.3 is 5.97 Å². The summed E-state index contributed by atoms with van der Waals surface area (Å²) in [6.07, 6.45) is 3.03. The average molecular weight is 286 g/mol. The molecule has 0 unspecified atom stereocenters. The molecule has 0 aliphatic rings. The number of nitrogens with one attached hydrogen (secondary N) is 1. The highest BCUT2D eigenvalue weighted by Gasteiger charge is 2.26. The molecule has 0 bridgehead atoms. The van der Waals surface area contributed by atoms with Crippen molar-refractivity contribution < 1.29 is 18.3 Å². The number of aromatic nitrogens is 1. The Hall–Kier alpha value is -1.80. The molecule has 0 fully saturated rings. The second-order valence-electron chi connectivity index (χ2n) is 3.57. The van der Waals surface area contributed by atoms with Gasteiger partial charge in [-0.15, -0.1) is 11.3 Å². The first-order chi connectivity index (χ1) is 8.42. The smallest absolute Gasteiger partial charge is 0.347 e. The lowest BCUT2D eigenvalue weighted by atomic mass is 10.3. The molecule has 2 rings (SSSR count). The van der Waals surface area contributed by atoms with E-state index in [0.717, 1.165) is 11.3 Å². The summed E-state index contributed by atoms with van der Waals surface area (Å²) in [5, 5.41) is 10.5. The molecule has 0 atom stereocenters. The molecule has 0 saturated heterocycles. The van der Waals surface area contributed by atoms with Crippen LogP contribution in [0.5, 0.6) is 0 Å². The molecule has 0 saturated carbocycles. The first kappa shape index (κ1) is 12.7. The van der Waals surface area contributed by atoms with E-state index in [1.54, 1.807) is 19.1 Å². The van der Waals surface area contributed by atoms with Crippen molar-refractivity contribution in [2.24, 2.45) is 0 Å². The Morgan fingerprint density at radius 1 is 1.39 bits per heavy atom. The van der Waals surface area contributed by atoms with Gasteiger partial charge in [-0.05, 0) is 30.0 Å². The molecule has 2 aromatic rings. The van der Waals surface area contributed by atoms with Crippen LogP contribution in [0.1, 0.15) is 15.2 Å². The number of carboxylic acids is 1. The number of aryl methyl sites for hydroxylation is 1. The Balaban J connectivity index is 2.47. The molecule has 96 valence electrons. The third kappa shape index (κ3) is 2.24. The maximum atomic E-state index is 12.1. The third-order valence-electron chi connectivity index (χ3n) is 2.21. The van der Waals surface area contributed by atoms with Crippen LogP contribution in [0, 0.1) is 6.92 Å². The molecule has 2 heterocycles. The van der Waals surface area contributed by atoms with Gasteiger partial charge in [0.05, 0.1) is 0 Å². The highest BCUT2D eigenvalue weighted by molar-refractivity contribution is 7.92. The molecule has 18 heavy (non-hydrogen) atoms. The zero-order valence-electron chi connectivity index (χ0n) is 9.32. The Labute approximate surface area is 108 Å². The molecule has 8 heteroatoms. The van der Waals surface area contributed by atoms with Crippen LogP contribution < -0.4 is 4.83 Å². The van der Waals surface area contributed by atoms with Gasteiger partial charge in [0.15, 0.2) is 0 Å². The van der Waals surface area contributed by atoms with Crippen LogP contribution in [-0.2, 0) is 10.0 Å². The van der Waals surface area contributed by atoms with Crippen LogP contribution >= 0.6 is 11.3 Å². The van der Waals surface area contributed by atoms with Gasteiger partial charge in [0.2, 0.25) is 0 Å². The fraction of sp³-hybridized carbons (Fsp3) is 0.100. The second kappa shape index (κ2) is 4.46. The third-order valence-corrected chi connectivity index (χ3v) is 4.94. The predicted molar refractivity (Wildman–Crippen MR) is 67.0 cm³/mol. The number of sulfonamides is 1. The maximum absolute atomic E-state index is 12.1. The zero-order chi connectivity index (χ0) is 13.3. The van der Waals surface area contributed by atoms with Crippen molar-refractivity contribution in [3.05, 3.63) is 40.3 Å². The molecule has 0 aliphatic carbocycles. The maximum Gasteiger partial charge on any atom is 0.347 e. The van der Waals surface area contributed by atoms with Crippen LogP contribution in [0.2, 0.25) is 0 Å². The Kier molecular flexibility index (Phi) is 3.14. The standard InChI is InChI=1S/C10H10N2O4S2/c1-7-6-17-8(10(13)14)9(7)18(15,16)11-12-4-2-3-5-12/h2-6,11H,1H3,(H,13,14). The number of hydrogen-bond donors (Lipinski definition) is 2. The van der Waals surface area contributed by atoms with Gasteiger partial charge in [-0.25, -0.2) is 9.63 Å². The molecule has 0 amide bonds. The molecule has 2 N–H and O–H groups in total. The minimum atomic E-state index is -3.90. The van der Waals surface area contributed by atoms with Gasteiger partial charge in [-0.3, -0.25) is 4.68 Å². The Bertz CT molecular complexity index is 671. The topological polar surface area (TPSA) is 88.4 Å². The van der Waals surface area contributed by atoms with E-state index in [1.165, 1.54) is 22.4 Å². The number of aromatic carboxylic acids is 1. The van der Waals surface area contributed by atoms with Crippen LogP contribution in [0.4, 0.5) is 0 Å². The van der Waals surface area contributed by atoms with Crippen LogP contribution in [-0.4, -0.2) is 24.2 Å². The van der Waals surface area contributed by atoms with Gasteiger partial charge < -0.3 is 5.11 Å². The Morgan fingerprint density at radius 3 is 2.56 bits per heavy atom. The van der Waals surface area contributed by atoms with E-state index in [9.17, 15) is 13.2 Å². The number of carbonyl (C=O) groups is 1. The highest BCUT2D eigenvalue weighted by Crippen LogP contribution is 2.27. The van der Waals surface area contributed by atoms with Crippen molar-refractivity contribution in [2.75, 3.05) is 4.83 Å². The molecule has 0 aliphatic heterocycles. The lowest BCUT2D eigenvalue weighted by Gasteiger charge is -2.09. The van der Waals surface area contributed by atoms with Gasteiger partial charge in [0.25, 0.3) is 10.0 Å². The van der Waals surface area contributed by atoms with E-state index in [0.29, 0.717) is 5.56 Å². The number of rotatable bonds is 4. The summed E-state index contributed by atoms with van der Waals surface area (Å²) in [7, 11) is -3.90. The van der Waals surface area contributed by atoms with Crippen molar-refractivity contribution >= 4 is 27.3 Å².